The highest BCUT2D eigenvalue weighted by atomic mass is 16.5. The average Bonchev–Trinajstić information content (AvgIpc) is 2.38. The molecule has 0 aliphatic heterocycles. The highest BCUT2D eigenvalue weighted by Gasteiger charge is 2.11. The molecule has 3 heteroatoms. The number of benzene rings is 2. The molecule has 3 nitrogen and oxygen atoms in total. The molecule has 0 spiro atoms. The minimum atomic E-state index is -0.198. The zero-order valence-electron chi connectivity index (χ0n) is 10.6. The molecular formula is C15H17NO2. The summed E-state index contributed by atoms with van der Waals surface area (Å²) < 4.78 is 5.12. The van der Waals surface area contributed by atoms with Gasteiger partial charge in [0.1, 0.15) is 11.5 Å². The van der Waals surface area contributed by atoms with Crippen molar-refractivity contribution in [3.63, 3.8) is 0 Å². The number of nitrogens with two attached hydrogens (primary N) is 1. The molecule has 2 rings (SSSR count). The number of aryl methyl sites for hydroxylation is 1. The fourth-order valence-corrected chi connectivity index (χ4v) is 2.00. The second kappa shape index (κ2) is 5.10. The molecule has 0 fully saturated rings. The number of phenols is 1. The first kappa shape index (κ1) is 12.5. The van der Waals surface area contributed by atoms with E-state index in [1.54, 1.807) is 19.2 Å². The zero-order valence-corrected chi connectivity index (χ0v) is 10.6. The molecule has 18 heavy (non-hydrogen) atoms. The van der Waals surface area contributed by atoms with Gasteiger partial charge in [0.25, 0.3) is 0 Å². The Morgan fingerprint density at radius 2 is 1.78 bits per heavy atom. The van der Waals surface area contributed by atoms with E-state index in [9.17, 15) is 5.11 Å². The van der Waals surface area contributed by atoms with Crippen molar-refractivity contribution in [3.8, 4) is 11.5 Å². The molecule has 1 unspecified atom stereocenters. The van der Waals surface area contributed by atoms with Crippen LogP contribution in [-0.2, 0) is 0 Å². The fraction of sp³-hybridized carbons (Fsp3) is 0.200. The van der Waals surface area contributed by atoms with Crippen molar-refractivity contribution in [1.29, 1.82) is 0 Å². The Hall–Kier alpha value is -2.00. The highest BCUT2D eigenvalue weighted by Crippen LogP contribution is 2.26. The van der Waals surface area contributed by atoms with E-state index in [1.807, 2.05) is 37.3 Å². The van der Waals surface area contributed by atoms with Crippen LogP contribution in [0.5, 0.6) is 11.5 Å². The quantitative estimate of drug-likeness (QED) is 0.871. The lowest BCUT2D eigenvalue weighted by atomic mass is 9.95. The van der Waals surface area contributed by atoms with Crippen LogP contribution in [0.1, 0.15) is 22.7 Å². The van der Waals surface area contributed by atoms with Gasteiger partial charge in [-0.05, 0) is 47.9 Å². The summed E-state index contributed by atoms with van der Waals surface area (Å²) in [5.41, 5.74) is 9.25. The third kappa shape index (κ3) is 2.46. The maximum absolute atomic E-state index is 9.40. The number of hydrogen-bond acceptors (Lipinski definition) is 3. The molecule has 2 aromatic rings. The fourth-order valence-electron chi connectivity index (χ4n) is 2.00. The lowest BCUT2D eigenvalue weighted by Gasteiger charge is -2.15. The van der Waals surface area contributed by atoms with E-state index >= 15 is 0 Å². The summed E-state index contributed by atoms with van der Waals surface area (Å²) in [6.07, 6.45) is 0. The third-order valence-corrected chi connectivity index (χ3v) is 3.06. The first-order valence-electron chi connectivity index (χ1n) is 5.81. The Labute approximate surface area is 107 Å². The van der Waals surface area contributed by atoms with E-state index in [4.69, 9.17) is 10.5 Å². The minimum absolute atomic E-state index is 0.198. The second-order valence-electron chi connectivity index (χ2n) is 4.29. The van der Waals surface area contributed by atoms with E-state index in [0.29, 0.717) is 0 Å². The van der Waals surface area contributed by atoms with Crippen molar-refractivity contribution in [1.82, 2.24) is 0 Å². The molecule has 0 aromatic heterocycles. The van der Waals surface area contributed by atoms with E-state index in [2.05, 4.69) is 0 Å². The van der Waals surface area contributed by atoms with Gasteiger partial charge in [-0.15, -0.1) is 0 Å². The standard InChI is InChI=1S/C15H17NO2/c1-10-9-12(17)5-8-14(10)15(16)11-3-6-13(18-2)7-4-11/h3-9,15,17H,16H2,1-2H3. The molecule has 0 heterocycles. The molecule has 2 aromatic carbocycles. The van der Waals surface area contributed by atoms with E-state index in [1.165, 1.54) is 0 Å². The van der Waals surface area contributed by atoms with Crippen LogP contribution in [0.3, 0.4) is 0 Å². The van der Waals surface area contributed by atoms with Crippen LogP contribution in [0.4, 0.5) is 0 Å². The Morgan fingerprint density at radius 1 is 1.11 bits per heavy atom. The minimum Gasteiger partial charge on any atom is -0.508 e. The SMILES string of the molecule is COc1ccc(C(N)c2ccc(O)cc2C)cc1. The summed E-state index contributed by atoms with van der Waals surface area (Å²) in [6, 6.07) is 12.7. The molecule has 0 radical (unpaired) electrons. The molecule has 0 aliphatic carbocycles. The summed E-state index contributed by atoms with van der Waals surface area (Å²) in [6.45, 7) is 1.94. The topological polar surface area (TPSA) is 55.5 Å². The smallest absolute Gasteiger partial charge is 0.118 e. The number of aromatic hydroxyl groups is 1. The van der Waals surface area contributed by atoms with Crippen molar-refractivity contribution < 1.29 is 9.84 Å². The van der Waals surface area contributed by atoms with Crippen LogP contribution in [-0.4, -0.2) is 12.2 Å². The third-order valence-electron chi connectivity index (χ3n) is 3.06. The number of methoxy groups -OCH3 is 1. The normalized spacial score (nSPS) is 12.2. The van der Waals surface area contributed by atoms with E-state index in [0.717, 1.165) is 22.4 Å². The van der Waals surface area contributed by atoms with Crippen LogP contribution in [0.2, 0.25) is 0 Å². The van der Waals surface area contributed by atoms with Gasteiger partial charge in [0.2, 0.25) is 0 Å². The number of phenolic OH excluding ortho intramolecular Hbond substituents is 1. The molecular weight excluding hydrogens is 226 g/mol. The number of rotatable bonds is 3. The predicted molar refractivity (Wildman–Crippen MR) is 71.9 cm³/mol. The van der Waals surface area contributed by atoms with Gasteiger partial charge in [0.15, 0.2) is 0 Å². The maximum atomic E-state index is 9.40. The Balaban J connectivity index is 2.31. The first-order chi connectivity index (χ1) is 8.61. The maximum Gasteiger partial charge on any atom is 0.118 e. The zero-order chi connectivity index (χ0) is 13.1. The molecule has 0 saturated heterocycles. The first-order valence-corrected chi connectivity index (χ1v) is 5.81. The van der Waals surface area contributed by atoms with Gasteiger partial charge in [0.05, 0.1) is 13.2 Å². The molecule has 0 aliphatic rings. The summed E-state index contributed by atoms with van der Waals surface area (Å²) in [5.74, 6) is 1.08. The van der Waals surface area contributed by atoms with E-state index in [-0.39, 0.29) is 11.8 Å². The van der Waals surface area contributed by atoms with Crippen molar-refractivity contribution in [3.05, 3.63) is 59.2 Å². The summed E-state index contributed by atoms with van der Waals surface area (Å²) in [4.78, 5) is 0. The van der Waals surface area contributed by atoms with Gasteiger partial charge < -0.3 is 15.6 Å². The summed E-state index contributed by atoms with van der Waals surface area (Å²) >= 11 is 0. The van der Waals surface area contributed by atoms with E-state index < -0.39 is 0 Å². The largest absolute Gasteiger partial charge is 0.508 e. The molecule has 0 saturated carbocycles. The van der Waals surface area contributed by atoms with Crippen molar-refractivity contribution in [2.24, 2.45) is 5.73 Å². The van der Waals surface area contributed by atoms with Gasteiger partial charge >= 0.3 is 0 Å². The summed E-state index contributed by atoms with van der Waals surface area (Å²) in [7, 11) is 1.64. The van der Waals surface area contributed by atoms with Crippen LogP contribution in [0.15, 0.2) is 42.5 Å². The van der Waals surface area contributed by atoms with Crippen LogP contribution in [0, 0.1) is 6.92 Å². The predicted octanol–water partition coefficient (Wildman–Crippen LogP) is 2.76. The van der Waals surface area contributed by atoms with Crippen LogP contribution < -0.4 is 10.5 Å². The Kier molecular flexibility index (Phi) is 3.53. The van der Waals surface area contributed by atoms with Gasteiger partial charge in [-0.2, -0.15) is 0 Å². The van der Waals surface area contributed by atoms with Gasteiger partial charge in [-0.1, -0.05) is 18.2 Å². The van der Waals surface area contributed by atoms with Crippen molar-refractivity contribution >= 4 is 0 Å². The molecule has 1 atom stereocenters. The van der Waals surface area contributed by atoms with Gasteiger partial charge in [0, 0.05) is 0 Å². The van der Waals surface area contributed by atoms with Gasteiger partial charge in [-0.25, -0.2) is 0 Å². The van der Waals surface area contributed by atoms with Crippen LogP contribution in [0.25, 0.3) is 0 Å². The van der Waals surface area contributed by atoms with Crippen molar-refractivity contribution in [2.75, 3.05) is 7.11 Å². The lowest BCUT2D eigenvalue weighted by molar-refractivity contribution is 0.414. The molecule has 3 N–H and O–H groups in total. The van der Waals surface area contributed by atoms with Crippen LogP contribution >= 0.6 is 0 Å². The number of ether oxygens (including phenoxy) is 1. The van der Waals surface area contributed by atoms with Crippen molar-refractivity contribution in [2.45, 2.75) is 13.0 Å². The van der Waals surface area contributed by atoms with Gasteiger partial charge in [-0.3, -0.25) is 0 Å². The monoisotopic (exact) mass is 243 g/mol. The highest BCUT2D eigenvalue weighted by molar-refractivity contribution is 5.41. The summed E-state index contributed by atoms with van der Waals surface area (Å²) in [5, 5.41) is 9.40. The number of hydrogen-bond donors (Lipinski definition) is 2. The Morgan fingerprint density at radius 3 is 2.33 bits per heavy atom. The Bertz CT molecular complexity index is 535. The molecule has 94 valence electrons. The average molecular weight is 243 g/mol. The molecule has 0 bridgehead atoms. The lowest BCUT2D eigenvalue weighted by Crippen LogP contribution is -2.13. The molecule has 0 amide bonds. The second-order valence-corrected chi connectivity index (χ2v) is 4.29.